The topological polar surface area (TPSA) is 104 Å². The normalized spacial score (nSPS) is 12.2. The third-order valence-electron chi connectivity index (χ3n) is 2.92. The number of carboxylic acid groups (broad SMARTS) is 1. The summed E-state index contributed by atoms with van der Waals surface area (Å²) in [6.45, 7) is 7.60. The molecule has 112 valence electrons. The molecular formula is C13H21N3O4. The zero-order valence-electron chi connectivity index (χ0n) is 12.2. The van der Waals surface area contributed by atoms with Crippen molar-refractivity contribution in [2.75, 3.05) is 0 Å². The lowest BCUT2D eigenvalue weighted by atomic mass is 10.0. The summed E-state index contributed by atoms with van der Waals surface area (Å²) in [4.78, 5) is 22.8. The van der Waals surface area contributed by atoms with Crippen LogP contribution in [-0.2, 0) is 11.3 Å². The summed E-state index contributed by atoms with van der Waals surface area (Å²) in [5, 5.41) is 17.9. The standard InChI is InChI=1S/C13H21N3O4/c1-7(2)5-11(12(17)18)15-13(19)14-6-10-8(3)16-20-9(10)4/h7,11H,5-6H2,1-4H3,(H,17,18)(H2,14,15,19)/t11-/m1/s1. The number of carboxylic acids is 1. The number of nitrogens with zero attached hydrogens (tertiary/aromatic N) is 1. The van der Waals surface area contributed by atoms with Gasteiger partial charge in [0, 0.05) is 12.1 Å². The van der Waals surface area contributed by atoms with Gasteiger partial charge in [-0.2, -0.15) is 0 Å². The number of hydrogen-bond donors (Lipinski definition) is 3. The second-order valence-corrected chi connectivity index (χ2v) is 5.15. The predicted molar refractivity (Wildman–Crippen MR) is 72.2 cm³/mol. The molecule has 0 aliphatic rings. The molecule has 0 bridgehead atoms. The highest BCUT2D eigenvalue weighted by Crippen LogP contribution is 2.11. The molecule has 20 heavy (non-hydrogen) atoms. The minimum Gasteiger partial charge on any atom is -0.480 e. The van der Waals surface area contributed by atoms with E-state index in [1.807, 2.05) is 13.8 Å². The van der Waals surface area contributed by atoms with Crippen LogP contribution in [0.3, 0.4) is 0 Å². The number of carbonyl (C=O) groups excluding carboxylic acids is 1. The monoisotopic (exact) mass is 283 g/mol. The van der Waals surface area contributed by atoms with Crippen molar-refractivity contribution in [1.29, 1.82) is 0 Å². The minimum atomic E-state index is -1.04. The lowest BCUT2D eigenvalue weighted by molar-refractivity contribution is -0.139. The van der Waals surface area contributed by atoms with Crippen molar-refractivity contribution >= 4 is 12.0 Å². The van der Waals surface area contributed by atoms with Gasteiger partial charge in [-0.15, -0.1) is 0 Å². The molecule has 0 saturated carbocycles. The Morgan fingerprint density at radius 2 is 2.00 bits per heavy atom. The van der Waals surface area contributed by atoms with E-state index >= 15 is 0 Å². The summed E-state index contributed by atoms with van der Waals surface area (Å²) < 4.78 is 4.98. The SMILES string of the molecule is Cc1noc(C)c1CNC(=O)N[C@H](CC(C)C)C(=O)O. The first-order chi connectivity index (χ1) is 9.31. The van der Waals surface area contributed by atoms with Crippen molar-refractivity contribution in [3.63, 3.8) is 0 Å². The molecule has 1 aromatic heterocycles. The Hall–Kier alpha value is -2.05. The third-order valence-corrected chi connectivity index (χ3v) is 2.92. The average Bonchev–Trinajstić information content (AvgIpc) is 2.65. The average molecular weight is 283 g/mol. The van der Waals surface area contributed by atoms with Gasteiger partial charge in [-0.1, -0.05) is 19.0 Å². The van der Waals surface area contributed by atoms with Crippen molar-refractivity contribution in [2.24, 2.45) is 5.92 Å². The van der Waals surface area contributed by atoms with Crippen LogP contribution in [0.25, 0.3) is 0 Å². The molecule has 1 aromatic rings. The van der Waals surface area contributed by atoms with Gasteiger partial charge >= 0.3 is 12.0 Å². The fourth-order valence-corrected chi connectivity index (χ4v) is 1.83. The van der Waals surface area contributed by atoms with Crippen LogP contribution in [0.4, 0.5) is 4.79 Å². The number of hydrogen-bond acceptors (Lipinski definition) is 4. The predicted octanol–water partition coefficient (Wildman–Crippen LogP) is 1.59. The van der Waals surface area contributed by atoms with Crippen molar-refractivity contribution in [3.8, 4) is 0 Å². The van der Waals surface area contributed by atoms with Crippen LogP contribution in [0.2, 0.25) is 0 Å². The zero-order chi connectivity index (χ0) is 15.3. The van der Waals surface area contributed by atoms with Gasteiger partial charge in [-0.05, 0) is 26.2 Å². The minimum absolute atomic E-state index is 0.180. The summed E-state index contributed by atoms with van der Waals surface area (Å²) in [5.74, 6) is -0.218. The van der Waals surface area contributed by atoms with Gasteiger partial charge in [0.05, 0.1) is 5.69 Å². The summed E-state index contributed by atoms with van der Waals surface area (Å²) >= 11 is 0. The third kappa shape index (κ3) is 4.56. The zero-order valence-corrected chi connectivity index (χ0v) is 12.2. The molecule has 1 atom stereocenters. The molecule has 1 heterocycles. The molecule has 0 fully saturated rings. The van der Waals surface area contributed by atoms with Gasteiger partial charge in [-0.25, -0.2) is 9.59 Å². The number of aromatic nitrogens is 1. The molecule has 0 saturated heterocycles. The van der Waals surface area contributed by atoms with Gasteiger partial charge in [0.25, 0.3) is 0 Å². The van der Waals surface area contributed by atoms with E-state index in [0.29, 0.717) is 17.9 Å². The Morgan fingerprint density at radius 1 is 1.35 bits per heavy atom. The summed E-state index contributed by atoms with van der Waals surface area (Å²) in [6.07, 6.45) is 0.383. The fourth-order valence-electron chi connectivity index (χ4n) is 1.83. The number of aryl methyl sites for hydroxylation is 2. The van der Waals surface area contributed by atoms with Crippen LogP contribution in [0.1, 0.15) is 37.3 Å². The quantitative estimate of drug-likeness (QED) is 0.735. The van der Waals surface area contributed by atoms with E-state index in [-0.39, 0.29) is 12.5 Å². The lowest BCUT2D eigenvalue weighted by Crippen LogP contribution is -2.46. The van der Waals surface area contributed by atoms with Crippen molar-refractivity contribution < 1.29 is 19.2 Å². The van der Waals surface area contributed by atoms with Gasteiger partial charge in [0.1, 0.15) is 11.8 Å². The molecule has 3 N–H and O–H groups in total. The lowest BCUT2D eigenvalue weighted by Gasteiger charge is -2.16. The van der Waals surface area contributed by atoms with Crippen molar-refractivity contribution in [3.05, 3.63) is 17.0 Å². The van der Waals surface area contributed by atoms with Gasteiger partial charge < -0.3 is 20.3 Å². The maximum atomic E-state index is 11.7. The second kappa shape index (κ2) is 6.93. The van der Waals surface area contributed by atoms with Crippen LogP contribution in [0, 0.1) is 19.8 Å². The Labute approximate surface area is 117 Å². The molecule has 0 aliphatic carbocycles. The van der Waals surface area contributed by atoms with Crippen LogP contribution < -0.4 is 10.6 Å². The van der Waals surface area contributed by atoms with E-state index in [4.69, 9.17) is 9.63 Å². The van der Waals surface area contributed by atoms with E-state index in [2.05, 4.69) is 15.8 Å². The van der Waals surface area contributed by atoms with E-state index in [0.717, 1.165) is 5.56 Å². The summed E-state index contributed by atoms with van der Waals surface area (Å²) in [7, 11) is 0. The molecule has 0 spiro atoms. The maximum absolute atomic E-state index is 11.7. The number of amides is 2. The molecule has 7 nitrogen and oxygen atoms in total. The number of rotatable bonds is 6. The molecule has 1 rings (SSSR count). The Balaban J connectivity index is 2.52. The van der Waals surface area contributed by atoms with Crippen LogP contribution >= 0.6 is 0 Å². The highest BCUT2D eigenvalue weighted by Gasteiger charge is 2.21. The highest BCUT2D eigenvalue weighted by atomic mass is 16.5. The van der Waals surface area contributed by atoms with Crippen LogP contribution in [0.15, 0.2) is 4.52 Å². The first kappa shape index (κ1) is 16.0. The maximum Gasteiger partial charge on any atom is 0.326 e. The van der Waals surface area contributed by atoms with E-state index in [1.165, 1.54) is 0 Å². The number of urea groups is 1. The molecule has 0 aliphatic heterocycles. The highest BCUT2D eigenvalue weighted by molar-refractivity contribution is 5.82. The molecule has 0 aromatic carbocycles. The van der Waals surface area contributed by atoms with Crippen molar-refractivity contribution in [1.82, 2.24) is 15.8 Å². The smallest absolute Gasteiger partial charge is 0.326 e. The van der Waals surface area contributed by atoms with Gasteiger partial charge in [-0.3, -0.25) is 0 Å². The molecule has 0 unspecified atom stereocenters. The first-order valence-corrected chi connectivity index (χ1v) is 6.50. The molecule has 2 amide bonds. The molecule has 0 radical (unpaired) electrons. The van der Waals surface area contributed by atoms with Crippen LogP contribution in [0.5, 0.6) is 0 Å². The Bertz CT molecular complexity index is 462. The Morgan fingerprint density at radius 3 is 2.45 bits per heavy atom. The fraction of sp³-hybridized carbons (Fsp3) is 0.615. The summed E-state index contributed by atoms with van der Waals surface area (Å²) in [5.41, 5.74) is 1.51. The van der Waals surface area contributed by atoms with E-state index < -0.39 is 18.0 Å². The first-order valence-electron chi connectivity index (χ1n) is 6.50. The van der Waals surface area contributed by atoms with Crippen molar-refractivity contribution in [2.45, 2.75) is 46.7 Å². The van der Waals surface area contributed by atoms with Gasteiger partial charge in [0.2, 0.25) is 0 Å². The van der Waals surface area contributed by atoms with Crippen LogP contribution in [-0.4, -0.2) is 28.3 Å². The number of aliphatic carboxylic acids is 1. The van der Waals surface area contributed by atoms with Gasteiger partial charge in [0.15, 0.2) is 0 Å². The second-order valence-electron chi connectivity index (χ2n) is 5.15. The number of nitrogens with one attached hydrogen (secondary N) is 2. The molecular weight excluding hydrogens is 262 g/mol. The van der Waals surface area contributed by atoms with E-state index in [9.17, 15) is 9.59 Å². The Kier molecular flexibility index (Phi) is 5.54. The largest absolute Gasteiger partial charge is 0.480 e. The number of carbonyl (C=O) groups is 2. The van der Waals surface area contributed by atoms with E-state index in [1.54, 1.807) is 13.8 Å². The molecule has 7 heteroatoms. The summed E-state index contributed by atoms with van der Waals surface area (Å²) in [6, 6.07) is -1.40.